The van der Waals surface area contributed by atoms with E-state index >= 15 is 0 Å². The average Bonchev–Trinajstić information content (AvgIpc) is 3.26. The maximum absolute atomic E-state index is 12.9. The van der Waals surface area contributed by atoms with Gasteiger partial charge in [-0.05, 0) is 36.2 Å². The number of nitrogens with zero attached hydrogens (tertiary/aromatic N) is 3. The molecule has 0 saturated heterocycles. The summed E-state index contributed by atoms with van der Waals surface area (Å²) in [6.45, 7) is 2.44. The van der Waals surface area contributed by atoms with Crippen molar-refractivity contribution in [2.45, 2.75) is 32.5 Å². The lowest BCUT2D eigenvalue weighted by molar-refractivity contribution is -0.137. The molecule has 0 aliphatic rings. The van der Waals surface area contributed by atoms with Crippen LogP contribution < -0.4 is 10.1 Å². The van der Waals surface area contributed by atoms with E-state index in [9.17, 15) is 18.4 Å². The van der Waals surface area contributed by atoms with Gasteiger partial charge in [0.05, 0.1) is 18.4 Å². The number of alkyl halides is 3. The number of benzene rings is 1. The van der Waals surface area contributed by atoms with E-state index in [1.165, 1.54) is 12.3 Å². The molecule has 0 amide bonds. The summed E-state index contributed by atoms with van der Waals surface area (Å²) >= 11 is 0. The Morgan fingerprint density at radius 1 is 1.20 bits per heavy atom. The number of unbranched alkanes of at least 4 members (excludes halogenated alkanes) is 1. The number of rotatable bonds is 8. The highest BCUT2D eigenvalue weighted by atomic mass is 19.4. The first-order valence-corrected chi connectivity index (χ1v) is 9.31. The maximum Gasteiger partial charge on any atom is 0.416 e. The van der Waals surface area contributed by atoms with Crippen LogP contribution in [0.15, 0.2) is 47.1 Å². The minimum atomic E-state index is -4.44. The van der Waals surface area contributed by atoms with Crippen LogP contribution >= 0.6 is 0 Å². The lowest BCUT2D eigenvalue weighted by Gasteiger charge is -2.13. The van der Waals surface area contributed by atoms with E-state index in [2.05, 4.69) is 15.3 Å². The van der Waals surface area contributed by atoms with Gasteiger partial charge >= 0.3 is 12.2 Å². The van der Waals surface area contributed by atoms with Gasteiger partial charge in [-0.25, -0.2) is 0 Å². The molecule has 0 aliphatic carbocycles. The summed E-state index contributed by atoms with van der Waals surface area (Å²) in [6.07, 6.45) is -1.27. The van der Waals surface area contributed by atoms with Crippen LogP contribution in [0.3, 0.4) is 0 Å². The first-order chi connectivity index (χ1) is 14.4. The Bertz CT molecular complexity index is 1030. The van der Waals surface area contributed by atoms with Crippen LogP contribution in [0.25, 0.3) is 11.5 Å². The summed E-state index contributed by atoms with van der Waals surface area (Å²) < 4.78 is 49.8. The van der Waals surface area contributed by atoms with Gasteiger partial charge in [-0.3, -0.25) is 0 Å². The molecule has 156 valence electrons. The molecule has 0 aliphatic heterocycles. The Morgan fingerprint density at radius 3 is 2.70 bits per heavy atom. The number of anilines is 1. The Kier molecular flexibility index (Phi) is 6.57. The number of nitrogens with one attached hydrogen (secondary N) is 1. The molecule has 30 heavy (non-hydrogen) atoms. The highest BCUT2D eigenvalue weighted by Gasteiger charge is 2.30. The van der Waals surface area contributed by atoms with Crippen LogP contribution in [-0.2, 0) is 12.7 Å². The van der Waals surface area contributed by atoms with E-state index < -0.39 is 11.7 Å². The van der Waals surface area contributed by atoms with Gasteiger partial charge in [-0.15, -0.1) is 0 Å². The first kappa shape index (κ1) is 21.2. The molecule has 9 heteroatoms. The lowest BCUT2D eigenvalue weighted by Crippen LogP contribution is -2.10. The Balaban J connectivity index is 1.92. The van der Waals surface area contributed by atoms with Gasteiger partial charge in [-0.2, -0.15) is 28.4 Å². The third kappa shape index (κ3) is 5.08. The van der Waals surface area contributed by atoms with Gasteiger partial charge in [0, 0.05) is 6.54 Å². The van der Waals surface area contributed by atoms with Gasteiger partial charge in [0.2, 0.25) is 0 Å². The predicted molar refractivity (Wildman–Crippen MR) is 104 cm³/mol. The van der Waals surface area contributed by atoms with Crippen molar-refractivity contribution in [3.05, 3.63) is 59.4 Å². The van der Waals surface area contributed by atoms with E-state index in [0.29, 0.717) is 17.9 Å². The second-order valence-electron chi connectivity index (χ2n) is 6.42. The number of hydrogen-bond acceptors (Lipinski definition) is 6. The summed E-state index contributed by atoms with van der Waals surface area (Å²) in [7, 11) is 0. The van der Waals surface area contributed by atoms with E-state index in [-0.39, 0.29) is 29.6 Å². The molecule has 0 spiro atoms. The van der Waals surface area contributed by atoms with Crippen LogP contribution in [0.2, 0.25) is 0 Å². The second kappa shape index (κ2) is 9.31. The molecule has 2 heterocycles. The highest BCUT2D eigenvalue weighted by Crippen LogP contribution is 2.31. The van der Waals surface area contributed by atoms with Gasteiger partial charge in [-0.1, -0.05) is 25.5 Å². The van der Waals surface area contributed by atoms with Crippen LogP contribution in [0, 0.1) is 11.3 Å². The minimum absolute atomic E-state index is 0.0294. The molecule has 3 aromatic rings. The molecule has 6 nitrogen and oxygen atoms in total. The van der Waals surface area contributed by atoms with Crippen LogP contribution in [0.5, 0.6) is 6.01 Å². The third-order valence-corrected chi connectivity index (χ3v) is 4.20. The fourth-order valence-electron chi connectivity index (χ4n) is 2.68. The molecule has 0 bridgehead atoms. The first-order valence-electron chi connectivity index (χ1n) is 9.31. The van der Waals surface area contributed by atoms with Crippen molar-refractivity contribution in [3.8, 4) is 23.5 Å². The summed E-state index contributed by atoms with van der Waals surface area (Å²) in [5.74, 6) is 0.513. The summed E-state index contributed by atoms with van der Waals surface area (Å²) in [6, 6.07) is 10.3. The normalized spacial score (nSPS) is 11.2. The topological polar surface area (TPSA) is 84.0 Å². The average molecular weight is 416 g/mol. The number of halogens is 3. The standard InChI is InChI=1S/C21H19F3N4O2/c1-2-3-9-30-20-27-18(17-8-5-10-29-17)16(12-25)19(28-20)26-13-14-6-4-7-15(11-14)21(22,23)24/h4-8,10-11H,2-3,9,13H2,1H3,(H,26,27,28). The van der Waals surface area contributed by atoms with Crippen LogP contribution in [0.4, 0.5) is 19.0 Å². The molecule has 2 aromatic heterocycles. The van der Waals surface area contributed by atoms with Crippen LogP contribution in [-0.4, -0.2) is 16.6 Å². The third-order valence-electron chi connectivity index (χ3n) is 4.20. The highest BCUT2D eigenvalue weighted by molar-refractivity contribution is 5.70. The molecular formula is C21H19F3N4O2. The van der Waals surface area contributed by atoms with Crippen molar-refractivity contribution < 1.29 is 22.3 Å². The molecule has 0 radical (unpaired) electrons. The fourth-order valence-corrected chi connectivity index (χ4v) is 2.68. The molecule has 3 rings (SSSR count). The van der Waals surface area contributed by atoms with Crippen molar-refractivity contribution in [1.82, 2.24) is 9.97 Å². The summed E-state index contributed by atoms with van der Waals surface area (Å²) in [5, 5.41) is 12.6. The van der Waals surface area contributed by atoms with E-state index in [1.54, 1.807) is 18.2 Å². The Morgan fingerprint density at radius 2 is 2.03 bits per heavy atom. The number of nitriles is 1. The zero-order chi connectivity index (χ0) is 21.6. The Labute approximate surface area is 171 Å². The summed E-state index contributed by atoms with van der Waals surface area (Å²) in [5.41, 5.74) is 0.000456. The zero-order valence-electron chi connectivity index (χ0n) is 16.2. The van der Waals surface area contributed by atoms with E-state index in [4.69, 9.17) is 9.15 Å². The molecule has 0 unspecified atom stereocenters. The van der Waals surface area contributed by atoms with Crippen molar-refractivity contribution in [3.63, 3.8) is 0 Å². The quantitative estimate of drug-likeness (QED) is 0.494. The summed E-state index contributed by atoms with van der Waals surface area (Å²) in [4.78, 5) is 8.52. The van der Waals surface area contributed by atoms with Crippen LogP contribution in [0.1, 0.15) is 36.5 Å². The van der Waals surface area contributed by atoms with Gasteiger partial charge < -0.3 is 14.5 Å². The maximum atomic E-state index is 12.9. The number of ether oxygens (including phenoxy) is 1. The number of furan rings is 1. The van der Waals surface area contributed by atoms with Gasteiger partial charge in [0.1, 0.15) is 17.3 Å². The van der Waals surface area contributed by atoms with E-state index in [0.717, 1.165) is 25.0 Å². The molecule has 0 saturated carbocycles. The van der Waals surface area contributed by atoms with E-state index in [1.807, 2.05) is 13.0 Å². The second-order valence-corrected chi connectivity index (χ2v) is 6.42. The number of aromatic nitrogens is 2. The molecular weight excluding hydrogens is 397 g/mol. The largest absolute Gasteiger partial charge is 0.463 e. The van der Waals surface area contributed by atoms with Gasteiger partial charge in [0.25, 0.3) is 0 Å². The number of hydrogen-bond donors (Lipinski definition) is 1. The van der Waals surface area contributed by atoms with Crippen molar-refractivity contribution in [1.29, 1.82) is 5.26 Å². The fraction of sp³-hybridized carbons (Fsp3) is 0.286. The van der Waals surface area contributed by atoms with Crippen molar-refractivity contribution >= 4 is 5.82 Å². The molecule has 0 fully saturated rings. The molecule has 0 atom stereocenters. The lowest BCUT2D eigenvalue weighted by atomic mass is 10.1. The smallest absolute Gasteiger partial charge is 0.416 e. The van der Waals surface area contributed by atoms with Crippen molar-refractivity contribution in [2.75, 3.05) is 11.9 Å². The SMILES string of the molecule is CCCCOc1nc(NCc2cccc(C(F)(F)F)c2)c(C#N)c(-c2ccco2)n1. The predicted octanol–water partition coefficient (Wildman–Crippen LogP) is 5.42. The Hall–Kier alpha value is -3.54. The molecule has 1 aromatic carbocycles. The minimum Gasteiger partial charge on any atom is -0.463 e. The van der Waals surface area contributed by atoms with Gasteiger partial charge in [0.15, 0.2) is 11.6 Å². The van der Waals surface area contributed by atoms with Crippen molar-refractivity contribution in [2.24, 2.45) is 0 Å². The zero-order valence-corrected chi connectivity index (χ0v) is 16.2. The molecule has 1 N–H and O–H groups in total. The monoisotopic (exact) mass is 416 g/mol.